The van der Waals surface area contributed by atoms with Gasteiger partial charge in [-0.3, -0.25) is 0 Å². The van der Waals surface area contributed by atoms with E-state index in [1.54, 1.807) is 12.5 Å². The van der Waals surface area contributed by atoms with Gasteiger partial charge < -0.3 is 15.2 Å². The average molecular weight is 258 g/mol. The number of aryl methyl sites for hydroxylation is 1. The number of carbonyl (C=O) groups excluding carboxylic acids is 1. The third kappa shape index (κ3) is 3.58. The summed E-state index contributed by atoms with van der Waals surface area (Å²) in [5.41, 5.74) is 3.10. The van der Waals surface area contributed by atoms with Crippen molar-refractivity contribution in [3.8, 4) is 0 Å². The molecule has 100 valence electrons. The minimum atomic E-state index is -0.186. The molecule has 1 aromatic carbocycles. The van der Waals surface area contributed by atoms with Gasteiger partial charge in [0.1, 0.15) is 0 Å². The molecule has 0 radical (unpaired) electrons. The summed E-state index contributed by atoms with van der Waals surface area (Å²) in [7, 11) is 0. The van der Waals surface area contributed by atoms with Crippen LogP contribution in [0.25, 0.3) is 0 Å². The van der Waals surface area contributed by atoms with Crippen LogP contribution in [-0.2, 0) is 6.54 Å². The molecule has 0 spiro atoms. The number of benzene rings is 1. The first kappa shape index (κ1) is 13.1. The Balaban J connectivity index is 1.82. The quantitative estimate of drug-likeness (QED) is 0.884. The molecule has 19 heavy (non-hydrogen) atoms. The molecule has 2 aromatic rings. The fourth-order valence-corrected chi connectivity index (χ4v) is 1.77. The predicted molar refractivity (Wildman–Crippen MR) is 75.2 cm³/mol. The van der Waals surface area contributed by atoms with Crippen molar-refractivity contribution in [3.63, 3.8) is 0 Å². The first-order valence-corrected chi connectivity index (χ1v) is 6.23. The van der Waals surface area contributed by atoms with Crippen LogP contribution in [0.15, 0.2) is 36.9 Å². The van der Waals surface area contributed by atoms with Gasteiger partial charge in [-0.1, -0.05) is 12.1 Å². The predicted octanol–water partition coefficient (Wildman–Crippen LogP) is 2.32. The third-order valence-corrected chi connectivity index (χ3v) is 3.07. The topological polar surface area (TPSA) is 59.0 Å². The van der Waals surface area contributed by atoms with Gasteiger partial charge in [-0.25, -0.2) is 9.78 Å². The van der Waals surface area contributed by atoms with Crippen molar-refractivity contribution in [3.05, 3.63) is 48.0 Å². The summed E-state index contributed by atoms with van der Waals surface area (Å²) in [6.07, 6.45) is 5.31. The Bertz CT molecular complexity index is 549. The van der Waals surface area contributed by atoms with E-state index in [-0.39, 0.29) is 6.03 Å². The molecule has 2 amide bonds. The molecule has 0 atom stereocenters. The molecule has 0 bridgehead atoms. The van der Waals surface area contributed by atoms with Crippen LogP contribution in [0.3, 0.4) is 0 Å². The zero-order valence-electron chi connectivity index (χ0n) is 11.2. The maximum atomic E-state index is 11.8. The Hall–Kier alpha value is -2.30. The number of hydrogen-bond acceptors (Lipinski definition) is 2. The summed E-state index contributed by atoms with van der Waals surface area (Å²) in [6.45, 7) is 5.29. The number of nitrogens with one attached hydrogen (secondary N) is 2. The van der Waals surface area contributed by atoms with Crippen LogP contribution < -0.4 is 10.6 Å². The molecule has 0 saturated carbocycles. The summed E-state index contributed by atoms with van der Waals surface area (Å²) in [5.74, 6) is 0. The maximum Gasteiger partial charge on any atom is 0.319 e. The molecule has 1 aromatic heterocycles. The van der Waals surface area contributed by atoms with E-state index in [9.17, 15) is 4.79 Å². The van der Waals surface area contributed by atoms with Crippen molar-refractivity contribution in [2.24, 2.45) is 0 Å². The molecular formula is C14H18N4O. The third-order valence-electron chi connectivity index (χ3n) is 3.07. The van der Waals surface area contributed by atoms with Crippen molar-refractivity contribution >= 4 is 11.7 Å². The van der Waals surface area contributed by atoms with Crippen molar-refractivity contribution < 1.29 is 4.79 Å². The van der Waals surface area contributed by atoms with Crippen LogP contribution in [-0.4, -0.2) is 22.1 Å². The molecule has 0 unspecified atom stereocenters. The summed E-state index contributed by atoms with van der Waals surface area (Å²) in [5, 5.41) is 5.67. The minimum absolute atomic E-state index is 0.186. The van der Waals surface area contributed by atoms with E-state index in [1.807, 2.05) is 42.8 Å². The van der Waals surface area contributed by atoms with Gasteiger partial charge in [-0.2, -0.15) is 0 Å². The Morgan fingerprint density at radius 3 is 2.95 bits per heavy atom. The van der Waals surface area contributed by atoms with E-state index in [0.29, 0.717) is 13.1 Å². The maximum absolute atomic E-state index is 11.8. The second-order valence-electron chi connectivity index (χ2n) is 4.43. The second-order valence-corrected chi connectivity index (χ2v) is 4.43. The van der Waals surface area contributed by atoms with E-state index in [2.05, 4.69) is 15.6 Å². The van der Waals surface area contributed by atoms with Crippen LogP contribution in [0.4, 0.5) is 10.5 Å². The van der Waals surface area contributed by atoms with E-state index >= 15 is 0 Å². The highest BCUT2D eigenvalue weighted by Crippen LogP contribution is 2.17. The zero-order valence-corrected chi connectivity index (χ0v) is 11.2. The van der Waals surface area contributed by atoms with Gasteiger partial charge in [0, 0.05) is 31.2 Å². The Labute approximate surface area is 112 Å². The fraction of sp³-hybridized carbons (Fsp3) is 0.286. The van der Waals surface area contributed by atoms with Crippen LogP contribution in [0, 0.1) is 13.8 Å². The van der Waals surface area contributed by atoms with Gasteiger partial charge in [0.25, 0.3) is 0 Å². The molecule has 5 nitrogen and oxygen atoms in total. The number of anilines is 1. The van der Waals surface area contributed by atoms with Gasteiger partial charge in [-0.05, 0) is 31.0 Å². The number of imidazole rings is 1. The van der Waals surface area contributed by atoms with E-state index in [1.165, 1.54) is 0 Å². The number of aromatic nitrogens is 2. The summed E-state index contributed by atoms with van der Waals surface area (Å²) >= 11 is 0. The standard InChI is InChI=1S/C14H18N4O/c1-11-4-3-5-13(12(11)2)17-14(19)16-7-9-18-8-6-15-10-18/h3-6,8,10H,7,9H2,1-2H3,(H2,16,17,19). The molecule has 2 N–H and O–H groups in total. The highest BCUT2D eigenvalue weighted by molar-refractivity contribution is 5.90. The van der Waals surface area contributed by atoms with Gasteiger partial charge in [-0.15, -0.1) is 0 Å². The first-order valence-electron chi connectivity index (χ1n) is 6.23. The summed E-state index contributed by atoms with van der Waals surface area (Å²) < 4.78 is 1.91. The lowest BCUT2D eigenvalue weighted by Gasteiger charge is -2.11. The van der Waals surface area contributed by atoms with E-state index in [4.69, 9.17) is 0 Å². The smallest absolute Gasteiger partial charge is 0.319 e. The van der Waals surface area contributed by atoms with Gasteiger partial charge >= 0.3 is 6.03 Å². The largest absolute Gasteiger partial charge is 0.336 e. The van der Waals surface area contributed by atoms with Crippen LogP contribution in [0.5, 0.6) is 0 Å². The van der Waals surface area contributed by atoms with Gasteiger partial charge in [0.2, 0.25) is 0 Å². The molecule has 0 saturated heterocycles. The Morgan fingerprint density at radius 2 is 2.21 bits per heavy atom. The molecule has 0 aliphatic carbocycles. The Morgan fingerprint density at radius 1 is 1.37 bits per heavy atom. The summed E-state index contributed by atoms with van der Waals surface area (Å²) in [6, 6.07) is 5.67. The number of carbonyl (C=O) groups is 1. The van der Waals surface area contributed by atoms with E-state index < -0.39 is 0 Å². The highest BCUT2D eigenvalue weighted by Gasteiger charge is 2.04. The van der Waals surface area contributed by atoms with Gasteiger partial charge in [0.05, 0.1) is 6.33 Å². The average Bonchev–Trinajstić information content (AvgIpc) is 2.88. The van der Waals surface area contributed by atoms with Crippen LogP contribution in [0.1, 0.15) is 11.1 Å². The van der Waals surface area contributed by atoms with Gasteiger partial charge in [0.15, 0.2) is 0 Å². The number of amides is 2. The summed E-state index contributed by atoms with van der Waals surface area (Å²) in [4.78, 5) is 15.7. The normalized spacial score (nSPS) is 10.2. The monoisotopic (exact) mass is 258 g/mol. The molecule has 2 rings (SSSR count). The molecule has 1 heterocycles. The second kappa shape index (κ2) is 6.04. The molecule has 0 aliphatic heterocycles. The molecule has 0 aliphatic rings. The number of rotatable bonds is 4. The Kier molecular flexibility index (Phi) is 4.18. The van der Waals surface area contributed by atoms with Crippen molar-refractivity contribution in [1.82, 2.24) is 14.9 Å². The lowest BCUT2D eigenvalue weighted by Crippen LogP contribution is -2.31. The van der Waals surface area contributed by atoms with Crippen molar-refractivity contribution in [2.45, 2.75) is 20.4 Å². The van der Waals surface area contributed by atoms with Crippen LogP contribution >= 0.6 is 0 Å². The SMILES string of the molecule is Cc1cccc(NC(=O)NCCn2ccnc2)c1C. The number of urea groups is 1. The van der Waals surface area contributed by atoms with Crippen molar-refractivity contribution in [2.75, 3.05) is 11.9 Å². The molecule has 0 fully saturated rings. The lowest BCUT2D eigenvalue weighted by molar-refractivity contribution is 0.251. The number of nitrogens with zero attached hydrogens (tertiary/aromatic N) is 2. The fourth-order valence-electron chi connectivity index (χ4n) is 1.77. The minimum Gasteiger partial charge on any atom is -0.336 e. The molecular weight excluding hydrogens is 240 g/mol. The van der Waals surface area contributed by atoms with Crippen molar-refractivity contribution in [1.29, 1.82) is 0 Å². The first-order chi connectivity index (χ1) is 9.16. The highest BCUT2D eigenvalue weighted by atomic mass is 16.2. The van der Waals surface area contributed by atoms with E-state index in [0.717, 1.165) is 16.8 Å². The lowest BCUT2D eigenvalue weighted by atomic mass is 10.1. The van der Waals surface area contributed by atoms with Crippen LogP contribution in [0.2, 0.25) is 0 Å². The molecule has 5 heteroatoms. The number of hydrogen-bond donors (Lipinski definition) is 2. The zero-order chi connectivity index (χ0) is 13.7.